The van der Waals surface area contributed by atoms with Gasteiger partial charge in [-0.1, -0.05) is 12.1 Å². The van der Waals surface area contributed by atoms with Crippen molar-refractivity contribution < 1.29 is 26.4 Å². The number of carbonyl (C=O) groups is 1. The second-order valence-electron chi connectivity index (χ2n) is 7.72. The van der Waals surface area contributed by atoms with Gasteiger partial charge in [-0.25, -0.2) is 16.8 Å². The zero-order chi connectivity index (χ0) is 24.1. The molecule has 1 fully saturated rings. The lowest BCUT2D eigenvalue weighted by Gasteiger charge is -2.16. The number of benzene rings is 2. The van der Waals surface area contributed by atoms with Gasteiger partial charge in [0.25, 0.3) is 0 Å². The molecule has 1 saturated heterocycles. The van der Waals surface area contributed by atoms with Crippen LogP contribution >= 0.6 is 0 Å². The summed E-state index contributed by atoms with van der Waals surface area (Å²) in [6.45, 7) is 4.95. The van der Waals surface area contributed by atoms with Gasteiger partial charge >= 0.3 is 0 Å². The molecule has 3 rings (SSSR count). The Labute approximate surface area is 195 Å². The molecule has 2 aromatic rings. The maximum atomic E-state index is 12.6. The van der Waals surface area contributed by atoms with Crippen LogP contribution in [0.5, 0.6) is 5.75 Å². The minimum atomic E-state index is -3.89. The summed E-state index contributed by atoms with van der Waals surface area (Å²) < 4.78 is 59.4. The van der Waals surface area contributed by atoms with Crippen LogP contribution in [0.25, 0.3) is 0 Å². The van der Waals surface area contributed by atoms with Crippen molar-refractivity contribution in [2.45, 2.75) is 49.1 Å². The van der Waals surface area contributed by atoms with E-state index in [1.807, 2.05) is 6.92 Å². The van der Waals surface area contributed by atoms with Crippen molar-refractivity contribution in [2.24, 2.45) is 0 Å². The minimum absolute atomic E-state index is 0.0282. The van der Waals surface area contributed by atoms with Crippen LogP contribution in [0.15, 0.2) is 58.3 Å². The number of nitrogens with one attached hydrogen (secondary N) is 2. The lowest BCUT2D eigenvalue weighted by molar-refractivity contribution is -0.122. The highest BCUT2D eigenvalue weighted by atomic mass is 32.2. The number of carbonyl (C=O) groups excluding carboxylic acids is 1. The molecule has 1 amide bonds. The summed E-state index contributed by atoms with van der Waals surface area (Å²) in [4.78, 5) is 12.7. The van der Waals surface area contributed by atoms with Crippen LogP contribution < -0.4 is 14.8 Å². The first-order chi connectivity index (χ1) is 15.6. The number of amides is 1. The SMILES string of the molecule is CCOc1ccc(S(=O)(=O)NC(C)C(=O)NCc2ccc(S(=O)(=O)N3CCCC3)cc2)cc1. The topological polar surface area (TPSA) is 122 Å². The van der Waals surface area contributed by atoms with E-state index in [0.717, 1.165) is 12.8 Å². The molecule has 0 aliphatic carbocycles. The van der Waals surface area contributed by atoms with Crippen molar-refractivity contribution >= 4 is 26.0 Å². The summed E-state index contributed by atoms with van der Waals surface area (Å²) in [5.74, 6) is 0.0553. The molecule has 0 bridgehead atoms. The second kappa shape index (κ2) is 10.6. The number of sulfonamides is 2. The molecule has 1 aliphatic rings. The number of hydrogen-bond acceptors (Lipinski definition) is 6. The Morgan fingerprint density at radius 3 is 2.12 bits per heavy atom. The number of rotatable bonds is 10. The molecular formula is C22H29N3O6S2. The predicted octanol–water partition coefficient (Wildman–Crippen LogP) is 1.85. The van der Waals surface area contributed by atoms with Gasteiger partial charge in [0.1, 0.15) is 5.75 Å². The zero-order valence-electron chi connectivity index (χ0n) is 18.7. The highest BCUT2D eigenvalue weighted by Crippen LogP contribution is 2.21. The molecule has 2 N–H and O–H groups in total. The van der Waals surface area contributed by atoms with E-state index in [1.165, 1.54) is 35.5 Å². The molecule has 0 radical (unpaired) electrons. The van der Waals surface area contributed by atoms with Crippen molar-refractivity contribution in [3.8, 4) is 5.75 Å². The minimum Gasteiger partial charge on any atom is -0.494 e. The first kappa shape index (κ1) is 25.2. The molecule has 0 spiro atoms. The van der Waals surface area contributed by atoms with E-state index in [0.29, 0.717) is 31.0 Å². The molecule has 180 valence electrons. The molecule has 9 nitrogen and oxygen atoms in total. The molecular weight excluding hydrogens is 466 g/mol. The van der Waals surface area contributed by atoms with Crippen LogP contribution in [-0.4, -0.2) is 52.8 Å². The largest absolute Gasteiger partial charge is 0.494 e. The fraction of sp³-hybridized carbons (Fsp3) is 0.409. The highest BCUT2D eigenvalue weighted by molar-refractivity contribution is 7.89. The van der Waals surface area contributed by atoms with Gasteiger partial charge in [0.05, 0.1) is 22.4 Å². The molecule has 1 heterocycles. The maximum Gasteiger partial charge on any atom is 0.243 e. The summed E-state index contributed by atoms with van der Waals surface area (Å²) in [6, 6.07) is 11.2. The van der Waals surface area contributed by atoms with E-state index >= 15 is 0 Å². The summed E-state index contributed by atoms with van der Waals surface area (Å²) in [5, 5.41) is 2.67. The first-order valence-electron chi connectivity index (χ1n) is 10.8. The third-order valence-electron chi connectivity index (χ3n) is 5.26. The van der Waals surface area contributed by atoms with Crippen LogP contribution in [0.3, 0.4) is 0 Å². The van der Waals surface area contributed by atoms with Gasteiger partial charge in [0, 0.05) is 19.6 Å². The molecule has 1 atom stereocenters. The Morgan fingerprint density at radius 2 is 1.55 bits per heavy atom. The Hall–Kier alpha value is -2.47. The fourth-order valence-corrected chi connectivity index (χ4v) is 6.16. The summed E-state index contributed by atoms with van der Waals surface area (Å²) >= 11 is 0. The van der Waals surface area contributed by atoms with Gasteiger partial charge in [-0.05, 0) is 68.7 Å². The molecule has 33 heavy (non-hydrogen) atoms. The third-order valence-corrected chi connectivity index (χ3v) is 8.73. The van der Waals surface area contributed by atoms with Crippen molar-refractivity contribution in [1.82, 2.24) is 14.3 Å². The summed E-state index contributed by atoms with van der Waals surface area (Å²) in [5.41, 5.74) is 0.699. The van der Waals surface area contributed by atoms with Crippen molar-refractivity contribution in [2.75, 3.05) is 19.7 Å². The normalized spacial score (nSPS) is 15.8. The Morgan fingerprint density at radius 1 is 0.970 bits per heavy atom. The van der Waals surface area contributed by atoms with Crippen molar-refractivity contribution in [3.05, 3.63) is 54.1 Å². The van der Waals surface area contributed by atoms with Crippen LogP contribution in [0.2, 0.25) is 0 Å². The smallest absolute Gasteiger partial charge is 0.243 e. The number of hydrogen-bond donors (Lipinski definition) is 2. The fourth-order valence-electron chi connectivity index (χ4n) is 3.44. The lowest BCUT2D eigenvalue weighted by atomic mass is 10.2. The standard InChI is InChI=1S/C22H29N3O6S2/c1-3-31-19-8-12-20(13-9-19)32(27,28)24-17(2)22(26)23-16-18-6-10-21(11-7-18)33(29,30)25-14-4-5-15-25/h6-13,17,24H,3-5,14-16H2,1-2H3,(H,23,26). The predicted molar refractivity (Wildman–Crippen MR) is 124 cm³/mol. The average molecular weight is 496 g/mol. The van der Waals surface area contributed by atoms with Crippen LogP contribution in [-0.2, 0) is 31.4 Å². The monoisotopic (exact) mass is 495 g/mol. The van der Waals surface area contributed by atoms with Crippen LogP contribution in [0.4, 0.5) is 0 Å². The second-order valence-corrected chi connectivity index (χ2v) is 11.4. The Kier molecular flexibility index (Phi) is 8.11. The molecule has 1 aliphatic heterocycles. The Balaban J connectivity index is 1.55. The molecule has 2 aromatic carbocycles. The van der Waals surface area contributed by atoms with Crippen molar-refractivity contribution in [3.63, 3.8) is 0 Å². The lowest BCUT2D eigenvalue weighted by Crippen LogP contribution is -2.44. The quantitative estimate of drug-likeness (QED) is 0.519. The van der Waals surface area contributed by atoms with Gasteiger partial charge < -0.3 is 10.1 Å². The molecule has 11 heteroatoms. The van der Waals surface area contributed by atoms with E-state index < -0.39 is 32.0 Å². The summed E-state index contributed by atoms with van der Waals surface area (Å²) in [7, 11) is -7.38. The zero-order valence-corrected chi connectivity index (χ0v) is 20.3. The van der Waals surface area contributed by atoms with Gasteiger partial charge in [-0.2, -0.15) is 9.03 Å². The van der Waals surface area contributed by atoms with Crippen LogP contribution in [0, 0.1) is 0 Å². The van der Waals surface area contributed by atoms with Gasteiger partial charge in [-0.15, -0.1) is 0 Å². The third kappa shape index (κ3) is 6.32. The van der Waals surface area contributed by atoms with Crippen LogP contribution in [0.1, 0.15) is 32.3 Å². The van der Waals surface area contributed by atoms with E-state index in [1.54, 1.807) is 24.3 Å². The average Bonchev–Trinajstić information content (AvgIpc) is 3.34. The number of nitrogens with zero attached hydrogens (tertiary/aromatic N) is 1. The van der Waals surface area contributed by atoms with Gasteiger partial charge in [-0.3, -0.25) is 4.79 Å². The maximum absolute atomic E-state index is 12.6. The summed E-state index contributed by atoms with van der Waals surface area (Å²) in [6.07, 6.45) is 1.73. The Bertz CT molecular complexity index is 1160. The highest BCUT2D eigenvalue weighted by Gasteiger charge is 2.27. The molecule has 0 aromatic heterocycles. The first-order valence-corrected chi connectivity index (χ1v) is 13.7. The molecule has 1 unspecified atom stereocenters. The van der Waals surface area contributed by atoms with Crippen molar-refractivity contribution in [1.29, 1.82) is 0 Å². The van der Waals surface area contributed by atoms with E-state index in [-0.39, 0.29) is 16.3 Å². The van der Waals surface area contributed by atoms with E-state index in [9.17, 15) is 21.6 Å². The molecule has 0 saturated carbocycles. The number of ether oxygens (including phenoxy) is 1. The van der Waals surface area contributed by atoms with E-state index in [2.05, 4.69) is 10.0 Å². The van der Waals surface area contributed by atoms with E-state index in [4.69, 9.17) is 4.74 Å². The van der Waals surface area contributed by atoms with Gasteiger partial charge in [0.2, 0.25) is 26.0 Å². The van der Waals surface area contributed by atoms with Gasteiger partial charge in [0.15, 0.2) is 0 Å².